The van der Waals surface area contributed by atoms with E-state index in [0.29, 0.717) is 24.9 Å². The van der Waals surface area contributed by atoms with Crippen LogP contribution in [0.5, 0.6) is 0 Å². The number of aryl methyl sites for hydroxylation is 1. The molecule has 0 saturated carbocycles. The highest BCUT2D eigenvalue weighted by molar-refractivity contribution is 5.80. The van der Waals surface area contributed by atoms with Gasteiger partial charge in [0, 0.05) is 24.7 Å². The fourth-order valence-corrected chi connectivity index (χ4v) is 3.19. The van der Waals surface area contributed by atoms with Crippen LogP contribution in [-0.4, -0.2) is 27.1 Å². The van der Waals surface area contributed by atoms with Crippen LogP contribution in [0, 0.1) is 10.1 Å². The van der Waals surface area contributed by atoms with Crippen molar-refractivity contribution in [2.24, 2.45) is 0 Å². The fourth-order valence-electron chi connectivity index (χ4n) is 3.19. The van der Waals surface area contributed by atoms with Crippen molar-refractivity contribution < 1.29 is 4.92 Å². The molecule has 2 aromatic rings. The van der Waals surface area contributed by atoms with Crippen molar-refractivity contribution in [1.82, 2.24) is 14.5 Å². The summed E-state index contributed by atoms with van der Waals surface area (Å²) in [6, 6.07) is 3.90. The zero-order chi connectivity index (χ0) is 16.6. The Morgan fingerprint density at radius 1 is 1.30 bits per heavy atom. The number of nitro benzene ring substituents is 1. The summed E-state index contributed by atoms with van der Waals surface area (Å²) < 4.78 is 2.78. The number of hydrogen-bond donors (Lipinski definition) is 1. The van der Waals surface area contributed by atoms with Gasteiger partial charge in [-0.2, -0.15) is 0 Å². The van der Waals surface area contributed by atoms with Crippen LogP contribution in [0.15, 0.2) is 27.8 Å². The zero-order valence-electron chi connectivity index (χ0n) is 12.8. The van der Waals surface area contributed by atoms with Gasteiger partial charge in [-0.3, -0.25) is 24.0 Å². The molecule has 1 aliphatic rings. The predicted octanol–water partition coefficient (Wildman–Crippen LogP) is 1.02. The van der Waals surface area contributed by atoms with Gasteiger partial charge in [-0.05, 0) is 38.9 Å². The number of non-ortho nitro benzene ring substituents is 1. The Kier molecular flexibility index (Phi) is 3.99. The van der Waals surface area contributed by atoms with Crippen molar-refractivity contribution in [1.29, 1.82) is 0 Å². The number of nitro groups is 1. The van der Waals surface area contributed by atoms with Gasteiger partial charge in [-0.15, -0.1) is 0 Å². The third-order valence-corrected chi connectivity index (χ3v) is 4.36. The molecule has 8 heteroatoms. The molecule has 1 aromatic heterocycles. The molecule has 0 atom stereocenters. The molecule has 0 amide bonds. The number of fused-ring (bicyclic) bond motifs is 1. The van der Waals surface area contributed by atoms with Crippen molar-refractivity contribution in [3.63, 3.8) is 0 Å². The highest BCUT2D eigenvalue weighted by Crippen LogP contribution is 2.20. The summed E-state index contributed by atoms with van der Waals surface area (Å²) in [4.78, 5) is 36.0. The van der Waals surface area contributed by atoms with Crippen LogP contribution < -0.4 is 16.6 Å². The second-order valence-corrected chi connectivity index (χ2v) is 5.64. The van der Waals surface area contributed by atoms with E-state index in [4.69, 9.17) is 0 Å². The number of aromatic nitrogens is 2. The lowest BCUT2D eigenvalue weighted by Gasteiger charge is -2.25. The first kappa shape index (κ1) is 15.4. The van der Waals surface area contributed by atoms with Gasteiger partial charge in [0.15, 0.2) is 0 Å². The third kappa shape index (κ3) is 2.55. The maximum atomic E-state index is 12.8. The molecule has 1 saturated heterocycles. The maximum Gasteiger partial charge on any atom is 0.331 e. The van der Waals surface area contributed by atoms with E-state index in [1.165, 1.54) is 27.3 Å². The van der Waals surface area contributed by atoms with E-state index >= 15 is 0 Å². The van der Waals surface area contributed by atoms with Crippen LogP contribution in [0.4, 0.5) is 5.69 Å². The normalized spacial score (nSPS) is 15.9. The summed E-state index contributed by atoms with van der Waals surface area (Å²) in [7, 11) is 0. The molecule has 0 aliphatic carbocycles. The van der Waals surface area contributed by atoms with Gasteiger partial charge in [0.2, 0.25) is 0 Å². The molecule has 8 nitrogen and oxygen atoms in total. The van der Waals surface area contributed by atoms with Crippen LogP contribution in [-0.2, 0) is 6.54 Å². The second-order valence-electron chi connectivity index (χ2n) is 5.64. The standard InChI is InChI=1S/C15H18N4O4/c1-2-17-13-4-3-11(19(22)23)9-12(13)14(20)18(15(17)21)10-5-7-16-8-6-10/h3-4,9-10,16H,2,5-8H2,1H3. The Bertz CT molecular complexity index is 877. The average molecular weight is 318 g/mol. The molecule has 0 radical (unpaired) electrons. The SMILES string of the molecule is CCn1c(=O)n(C2CCNCC2)c(=O)c2cc([N+](=O)[O-])ccc21. The predicted molar refractivity (Wildman–Crippen MR) is 85.9 cm³/mol. The Labute approximate surface area is 131 Å². The van der Waals surface area contributed by atoms with Crippen molar-refractivity contribution in [3.05, 3.63) is 49.2 Å². The van der Waals surface area contributed by atoms with Gasteiger partial charge >= 0.3 is 5.69 Å². The quantitative estimate of drug-likeness (QED) is 0.673. The molecule has 1 N–H and O–H groups in total. The number of nitrogens with zero attached hydrogens (tertiary/aromatic N) is 3. The Hall–Kier alpha value is -2.48. The summed E-state index contributed by atoms with van der Waals surface area (Å²) in [6.07, 6.45) is 1.39. The molecule has 0 unspecified atom stereocenters. The van der Waals surface area contributed by atoms with Gasteiger partial charge in [0.05, 0.1) is 15.8 Å². The van der Waals surface area contributed by atoms with E-state index in [1.54, 1.807) is 0 Å². The monoisotopic (exact) mass is 318 g/mol. The molecule has 0 bridgehead atoms. The summed E-state index contributed by atoms with van der Waals surface area (Å²) >= 11 is 0. The maximum absolute atomic E-state index is 12.8. The minimum atomic E-state index is -0.533. The lowest BCUT2D eigenvalue weighted by molar-refractivity contribution is -0.384. The van der Waals surface area contributed by atoms with Crippen molar-refractivity contribution >= 4 is 16.6 Å². The molecule has 122 valence electrons. The van der Waals surface area contributed by atoms with E-state index in [2.05, 4.69) is 5.32 Å². The van der Waals surface area contributed by atoms with Gasteiger partial charge < -0.3 is 5.32 Å². The molecule has 2 heterocycles. The summed E-state index contributed by atoms with van der Waals surface area (Å²) in [6.45, 7) is 3.71. The summed E-state index contributed by atoms with van der Waals surface area (Å²) in [5.41, 5.74) is -0.484. The molecule has 0 spiro atoms. The molecule has 1 aliphatic heterocycles. The fraction of sp³-hybridized carbons (Fsp3) is 0.467. The van der Waals surface area contributed by atoms with Crippen LogP contribution in [0.3, 0.4) is 0 Å². The smallest absolute Gasteiger partial charge is 0.317 e. The van der Waals surface area contributed by atoms with E-state index in [1.807, 2.05) is 6.92 Å². The van der Waals surface area contributed by atoms with Gasteiger partial charge in [0.1, 0.15) is 0 Å². The van der Waals surface area contributed by atoms with Crippen molar-refractivity contribution in [3.8, 4) is 0 Å². The Morgan fingerprint density at radius 2 is 2.00 bits per heavy atom. The number of hydrogen-bond acceptors (Lipinski definition) is 5. The third-order valence-electron chi connectivity index (χ3n) is 4.36. The molecule has 1 aromatic carbocycles. The highest BCUT2D eigenvalue weighted by atomic mass is 16.6. The summed E-state index contributed by atoms with van der Waals surface area (Å²) in [5, 5.41) is 14.4. The Balaban J connectivity index is 2.33. The van der Waals surface area contributed by atoms with E-state index < -0.39 is 10.5 Å². The largest absolute Gasteiger partial charge is 0.331 e. The topological polar surface area (TPSA) is 99.2 Å². The highest BCUT2D eigenvalue weighted by Gasteiger charge is 2.22. The second kappa shape index (κ2) is 5.96. The van der Waals surface area contributed by atoms with Crippen LogP contribution in [0.1, 0.15) is 25.8 Å². The Morgan fingerprint density at radius 3 is 2.61 bits per heavy atom. The van der Waals surface area contributed by atoms with E-state index in [9.17, 15) is 19.7 Å². The molecule has 3 rings (SSSR count). The molecule has 23 heavy (non-hydrogen) atoms. The lowest BCUT2D eigenvalue weighted by atomic mass is 10.1. The first-order valence-corrected chi connectivity index (χ1v) is 7.68. The minimum Gasteiger partial charge on any atom is -0.317 e. The van der Waals surface area contributed by atoms with Gasteiger partial charge in [0.25, 0.3) is 11.2 Å². The van der Waals surface area contributed by atoms with Crippen LogP contribution in [0.25, 0.3) is 10.9 Å². The van der Waals surface area contributed by atoms with E-state index in [0.717, 1.165) is 13.1 Å². The van der Waals surface area contributed by atoms with E-state index in [-0.39, 0.29) is 22.8 Å². The number of rotatable bonds is 3. The van der Waals surface area contributed by atoms with Crippen LogP contribution in [0.2, 0.25) is 0 Å². The first-order chi connectivity index (χ1) is 11.0. The molecular weight excluding hydrogens is 300 g/mol. The zero-order valence-corrected chi connectivity index (χ0v) is 12.8. The number of piperidine rings is 1. The van der Waals surface area contributed by atoms with Crippen molar-refractivity contribution in [2.45, 2.75) is 32.4 Å². The number of benzene rings is 1. The molecular formula is C15H18N4O4. The lowest BCUT2D eigenvalue weighted by Crippen LogP contribution is -2.45. The summed E-state index contributed by atoms with van der Waals surface area (Å²) in [5.74, 6) is 0. The van der Waals surface area contributed by atoms with Crippen LogP contribution >= 0.6 is 0 Å². The first-order valence-electron chi connectivity index (χ1n) is 7.68. The van der Waals surface area contributed by atoms with Gasteiger partial charge in [-0.25, -0.2) is 4.79 Å². The average Bonchev–Trinajstić information content (AvgIpc) is 2.56. The molecule has 1 fully saturated rings. The number of nitrogens with one attached hydrogen (secondary N) is 1. The van der Waals surface area contributed by atoms with Gasteiger partial charge in [-0.1, -0.05) is 0 Å². The van der Waals surface area contributed by atoms with Crippen molar-refractivity contribution in [2.75, 3.05) is 13.1 Å². The minimum absolute atomic E-state index is 0.146.